The van der Waals surface area contributed by atoms with Gasteiger partial charge in [0.05, 0.1) is 24.5 Å². The molecule has 6 nitrogen and oxygen atoms in total. The molecule has 0 atom stereocenters. The fraction of sp³-hybridized carbons (Fsp3) is 0.321. The third-order valence-corrected chi connectivity index (χ3v) is 8.12. The van der Waals surface area contributed by atoms with Gasteiger partial charge in [-0.25, -0.2) is 8.42 Å². The van der Waals surface area contributed by atoms with E-state index < -0.39 is 10.0 Å². The van der Waals surface area contributed by atoms with Gasteiger partial charge in [-0.2, -0.15) is 4.31 Å². The van der Waals surface area contributed by atoms with Crippen molar-refractivity contribution in [1.29, 1.82) is 0 Å². The molecule has 0 spiro atoms. The molecule has 184 valence electrons. The highest BCUT2D eigenvalue weighted by Crippen LogP contribution is 2.21. The number of nitrogens with zero attached hydrogens (tertiary/aromatic N) is 1. The lowest BCUT2D eigenvalue weighted by molar-refractivity contribution is -0.120. The summed E-state index contributed by atoms with van der Waals surface area (Å²) >= 11 is 0. The monoisotopic (exact) mass is 492 g/mol. The molecule has 3 aromatic rings. The van der Waals surface area contributed by atoms with E-state index in [4.69, 9.17) is 4.74 Å². The molecular weight excluding hydrogens is 460 g/mol. The predicted octanol–water partition coefficient (Wildman–Crippen LogP) is 4.44. The van der Waals surface area contributed by atoms with Crippen molar-refractivity contribution in [2.24, 2.45) is 0 Å². The van der Waals surface area contributed by atoms with Crippen LogP contribution in [0.15, 0.2) is 83.8 Å². The van der Waals surface area contributed by atoms with E-state index in [1.54, 1.807) is 28.6 Å². The Morgan fingerprint density at radius 1 is 0.771 bits per heavy atom. The summed E-state index contributed by atoms with van der Waals surface area (Å²) in [6.45, 7) is 2.56. The number of hydrogen-bond acceptors (Lipinski definition) is 4. The number of carbonyl (C=O) groups excluding carboxylic acids is 1. The second kappa shape index (κ2) is 12.1. The second-order valence-electron chi connectivity index (χ2n) is 8.81. The van der Waals surface area contributed by atoms with Gasteiger partial charge in [0.1, 0.15) is 0 Å². The number of benzene rings is 3. The summed E-state index contributed by atoms with van der Waals surface area (Å²) in [6, 6.07) is 24.6. The molecule has 1 N–H and O–H groups in total. The number of nitrogens with one attached hydrogen (secondary N) is 1. The zero-order valence-corrected chi connectivity index (χ0v) is 20.7. The van der Waals surface area contributed by atoms with Crippen LogP contribution in [0.4, 0.5) is 0 Å². The van der Waals surface area contributed by atoms with Gasteiger partial charge in [0.15, 0.2) is 0 Å². The van der Waals surface area contributed by atoms with Crippen LogP contribution in [0.5, 0.6) is 0 Å². The van der Waals surface area contributed by atoms with Crippen LogP contribution in [-0.2, 0) is 45.7 Å². The first-order valence-electron chi connectivity index (χ1n) is 12.1. The maximum Gasteiger partial charge on any atom is 0.243 e. The third kappa shape index (κ3) is 7.01. The number of rotatable bonds is 10. The van der Waals surface area contributed by atoms with Gasteiger partial charge in [-0.1, -0.05) is 73.2 Å². The lowest BCUT2D eigenvalue weighted by Gasteiger charge is -2.25. The van der Waals surface area contributed by atoms with Crippen LogP contribution in [0.2, 0.25) is 0 Å². The van der Waals surface area contributed by atoms with Gasteiger partial charge in [0.25, 0.3) is 0 Å². The fourth-order valence-electron chi connectivity index (χ4n) is 4.20. The van der Waals surface area contributed by atoms with Gasteiger partial charge < -0.3 is 10.1 Å². The van der Waals surface area contributed by atoms with Crippen molar-refractivity contribution in [3.8, 4) is 0 Å². The van der Waals surface area contributed by atoms with Crippen LogP contribution in [-0.4, -0.2) is 31.7 Å². The van der Waals surface area contributed by atoms with E-state index in [-0.39, 0.29) is 17.2 Å². The summed E-state index contributed by atoms with van der Waals surface area (Å²) in [7, 11) is -3.46. The minimum Gasteiger partial charge on any atom is -0.372 e. The predicted molar refractivity (Wildman–Crippen MR) is 136 cm³/mol. The summed E-state index contributed by atoms with van der Waals surface area (Å²) in [6.07, 6.45) is 3.07. The van der Waals surface area contributed by atoms with Gasteiger partial charge in [0, 0.05) is 19.6 Å². The molecule has 7 heteroatoms. The van der Waals surface area contributed by atoms with Crippen LogP contribution in [0.3, 0.4) is 0 Å². The van der Waals surface area contributed by atoms with Gasteiger partial charge in [-0.05, 0) is 47.2 Å². The van der Waals surface area contributed by atoms with Crippen LogP contribution in [0.25, 0.3) is 0 Å². The normalized spacial score (nSPS) is 14.5. The molecule has 0 bridgehead atoms. The molecule has 1 amide bonds. The zero-order valence-electron chi connectivity index (χ0n) is 19.9. The van der Waals surface area contributed by atoms with E-state index in [9.17, 15) is 13.2 Å². The lowest BCUT2D eigenvalue weighted by atomic mass is 10.1. The van der Waals surface area contributed by atoms with Crippen molar-refractivity contribution >= 4 is 15.9 Å². The van der Waals surface area contributed by atoms with Crippen LogP contribution < -0.4 is 5.32 Å². The Morgan fingerprint density at radius 2 is 1.43 bits per heavy atom. The number of hydrogen-bond donors (Lipinski definition) is 1. The minimum atomic E-state index is -3.46. The molecule has 1 saturated heterocycles. The van der Waals surface area contributed by atoms with Gasteiger partial charge in [-0.3, -0.25) is 4.79 Å². The third-order valence-electron chi connectivity index (χ3n) is 6.20. The molecular formula is C28H32N2O4S. The summed E-state index contributed by atoms with van der Waals surface area (Å²) in [5.41, 5.74) is 3.94. The van der Waals surface area contributed by atoms with Crippen molar-refractivity contribution < 1.29 is 17.9 Å². The molecule has 1 heterocycles. The second-order valence-corrected chi connectivity index (χ2v) is 10.7. The smallest absolute Gasteiger partial charge is 0.243 e. The van der Waals surface area contributed by atoms with E-state index in [0.29, 0.717) is 32.8 Å². The van der Waals surface area contributed by atoms with Gasteiger partial charge in [0.2, 0.25) is 15.9 Å². The molecule has 0 radical (unpaired) electrons. The molecule has 3 aromatic carbocycles. The first-order valence-corrected chi connectivity index (χ1v) is 13.5. The Labute approximate surface area is 208 Å². The summed E-state index contributed by atoms with van der Waals surface area (Å²) in [5, 5.41) is 2.97. The van der Waals surface area contributed by atoms with Gasteiger partial charge >= 0.3 is 0 Å². The van der Waals surface area contributed by atoms with Crippen LogP contribution in [0.1, 0.15) is 41.5 Å². The topological polar surface area (TPSA) is 75.7 Å². The molecule has 1 aliphatic rings. The number of amides is 1. The largest absolute Gasteiger partial charge is 0.372 e. The first kappa shape index (κ1) is 25.1. The standard InChI is InChI=1S/C28H32N2O4S/c31-28(19-23-13-15-27(16-14-23)35(32,33)30-17-7-2-8-18-30)29-20-25-11-5-6-12-26(25)22-34-21-24-9-3-1-4-10-24/h1,3-6,9-16H,2,7-8,17-22H2,(H,29,31). The first-order chi connectivity index (χ1) is 17.0. The van der Waals surface area contributed by atoms with Crippen molar-refractivity contribution in [1.82, 2.24) is 9.62 Å². The van der Waals surface area contributed by atoms with Gasteiger partial charge in [-0.15, -0.1) is 0 Å². The Morgan fingerprint density at radius 3 is 2.14 bits per heavy atom. The molecule has 0 aliphatic carbocycles. The summed E-state index contributed by atoms with van der Waals surface area (Å²) < 4.78 is 33.0. The molecule has 0 unspecified atom stereocenters. The molecule has 1 fully saturated rings. The molecule has 35 heavy (non-hydrogen) atoms. The zero-order chi connectivity index (χ0) is 24.5. The SMILES string of the molecule is O=C(Cc1ccc(S(=O)(=O)N2CCCCC2)cc1)NCc1ccccc1COCc1ccccc1. The Hall–Kier alpha value is -3.00. The molecule has 4 rings (SSSR count). The Kier molecular flexibility index (Phi) is 8.69. The average molecular weight is 493 g/mol. The molecule has 0 aromatic heterocycles. The van der Waals surface area contributed by atoms with E-state index in [1.807, 2.05) is 54.6 Å². The number of piperidine rings is 1. The van der Waals surface area contributed by atoms with E-state index in [2.05, 4.69) is 5.32 Å². The van der Waals surface area contributed by atoms with Crippen molar-refractivity contribution in [2.45, 2.75) is 50.3 Å². The lowest BCUT2D eigenvalue weighted by Crippen LogP contribution is -2.35. The number of carbonyl (C=O) groups is 1. The quantitative estimate of drug-likeness (QED) is 0.454. The maximum atomic E-state index is 12.8. The average Bonchev–Trinajstić information content (AvgIpc) is 2.89. The van der Waals surface area contributed by atoms with Crippen LogP contribution >= 0.6 is 0 Å². The van der Waals surface area contributed by atoms with Crippen molar-refractivity contribution in [2.75, 3.05) is 13.1 Å². The van der Waals surface area contributed by atoms with E-state index in [0.717, 1.165) is 41.5 Å². The van der Waals surface area contributed by atoms with E-state index in [1.165, 1.54) is 0 Å². The highest BCUT2D eigenvalue weighted by Gasteiger charge is 2.25. The maximum absolute atomic E-state index is 12.8. The number of ether oxygens (including phenoxy) is 1. The Bertz CT molecular complexity index is 1210. The Balaban J connectivity index is 1.28. The fourth-order valence-corrected chi connectivity index (χ4v) is 5.72. The van der Waals surface area contributed by atoms with Crippen molar-refractivity contribution in [3.05, 3.63) is 101 Å². The highest BCUT2D eigenvalue weighted by atomic mass is 32.2. The molecule has 0 saturated carbocycles. The van der Waals surface area contributed by atoms with Crippen LogP contribution in [0, 0.1) is 0 Å². The highest BCUT2D eigenvalue weighted by molar-refractivity contribution is 7.89. The minimum absolute atomic E-state index is 0.114. The van der Waals surface area contributed by atoms with Crippen molar-refractivity contribution in [3.63, 3.8) is 0 Å². The van der Waals surface area contributed by atoms with E-state index >= 15 is 0 Å². The summed E-state index contributed by atoms with van der Waals surface area (Å²) in [4.78, 5) is 12.8. The molecule has 1 aliphatic heterocycles. The summed E-state index contributed by atoms with van der Waals surface area (Å²) in [5.74, 6) is -0.114. The number of sulfonamides is 1.